The molecule has 6 heteroatoms. The Morgan fingerprint density at radius 2 is 1.64 bits per heavy atom. The maximum atomic E-state index is 12.1. The van der Waals surface area contributed by atoms with E-state index in [9.17, 15) is 4.79 Å². The fraction of sp³-hybridized carbons (Fsp3) is 0.316. The zero-order valence-electron chi connectivity index (χ0n) is 14.8. The van der Waals surface area contributed by atoms with Crippen LogP contribution in [0, 0.1) is 0 Å². The largest absolute Gasteiger partial charge is 0.497 e. The lowest BCUT2D eigenvalue weighted by atomic mass is 10.2. The van der Waals surface area contributed by atoms with Crippen molar-refractivity contribution >= 4 is 24.0 Å². The summed E-state index contributed by atoms with van der Waals surface area (Å²) in [5.74, 6) is 1.25. The Balaban J connectivity index is 0.00000312. The molecule has 1 N–H and O–H groups in total. The Morgan fingerprint density at radius 1 is 1.04 bits per heavy atom. The summed E-state index contributed by atoms with van der Waals surface area (Å²) in [4.78, 5) is 14.3. The number of nitrogens with zero attached hydrogens (tertiary/aromatic N) is 1. The lowest BCUT2D eigenvalue weighted by molar-refractivity contribution is -0.116. The molecule has 0 spiro atoms. The van der Waals surface area contributed by atoms with E-state index in [1.165, 1.54) is 5.56 Å². The first kappa shape index (κ1) is 20.8. The number of ether oxygens (including phenoxy) is 2. The molecule has 2 aromatic carbocycles. The van der Waals surface area contributed by atoms with Crippen LogP contribution in [0.4, 0.5) is 5.69 Å². The number of methoxy groups -OCH3 is 2. The topological polar surface area (TPSA) is 50.8 Å². The summed E-state index contributed by atoms with van der Waals surface area (Å²) in [6, 6.07) is 15.5. The van der Waals surface area contributed by atoms with Crippen molar-refractivity contribution in [2.45, 2.75) is 13.0 Å². The van der Waals surface area contributed by atoms with Gasteiger partial charge in [-0.1, -0.05) is 30.3 Å². The molecule has 2 rings (SSSR count). The Labute approximate surface area is 155 Å². The normalized spacial score (nSPS) is 10.1. The average molecular weight is 365 g/mol. The summed E-state index contributed by atoms with van der Waals surface area (Å²) >= 11 is 0. The fourth-order valence-electron chi connectivity index (χ4n) is 2.37. The van der Waals surface area contributed by atoms with Gasteiger partial charge in [-0.25, -0.2) is 0 Å². The van der Waals surface area contributed by atoms with E-state index in [2.05, 4.69) is 22.3 Å². The van der Waals surface area contributed by atoms with Crippen LogP contribution in [0.3, 0.4) is 0 Å². The molecule has 0 aliphatic heterocycles. The number of hydrogen-bond donors (Lipinski definition) is 1. The summed E-state index contributed by atoms with van der Waals surface area (Å²) in [6.07, 6.45) is 0.420. The monoisotopic (exact) mass is 364 g/mol. The minimum atomic E-state index is -0.0368. The van der Waals surface area contributed by atoms with Gasteiger partial charge in [0.25, 0.3) is 0 Å². The van der Waals surface area contributed by atoms with Crippen LogP contribution in [0.25, 0.3) is 0 Å². The zero-order valence-corrected chi connectivity index (χ0v) is 15.6. The maximum absolute atomic E-state index is 12.1. The van der Waals surface area contributed by atoms with E-state index in [1.54, 1.807) is 32.4 Å². The molecule has 0 saturated heterocycles. The van der Waals surface area contributed by atoms with Crippen LogP contribution in [-0.4, -0.2) is 38.6 Å². The van der Waals surface area contributed by atoms with Crippen LogP contribution in [0.2, 0.25) is 0 Å². The molecular weight excluding hydrogens is 340 g/mol. The third kappa shape index (κ3) is 7.03. The molecule has 0 aliphatic rings. The van der Waals surface area contributed by atoms with Crippen molar-refractivity contribution in [3.8, 4) is 11.5 Å². The Bertz CT molecular complexity index is 643. The number of amides is 1. The number of benzene rings is 2. The molecule has 0 aliphatic carbocycles. The molecule has 1 amide bonds. The van der Waals surface area contributed by atoms with Gasteiger partial charge < -0.3 is 19.7 Å². The van der Waals surface area contributed by atoms with Crippen molar-refractivity contribution in [3.05, 3.63) is 54.1 Å². The molecule has 5 nitrogen and oxygen atoms in total. The Morgan fingerprint density at radius 3 is 2.20 bits per heavy atom. The highest BCUT2D eigenvalue weighted by Crippen LogP contribution is 2.25. The first-order valence-electron chi connectivity index (χ1n) is 7.86. The smallest absolute Gasteiger partial charge is 0.225 e. The number of hydrogen-bond acceptors (Lipinski definition) is 4. The van der Waals surface area contributed by atoms with Crippen LogP contribution in [-0.2, 0) is 11.3 Å². The van der Waals surface area contributed by atoms with Gasteiger partial charge in [0.05, 0.1) is 14.2 Å². The van der Waals surface area contributed by atoms with Gasteiger partial charge in [0, 0.05) is 43.4 Å². The van der Waals surface area contributed by atoms with Gasteiger partial charge in [0.15, 0.2) is 0 Å². The van der Waals surface area contributed by atoms with E-state index in [1.807, 2.05) is 25.2 Å². The molecule has 0 aromatic heterocycles. The highest BCUT2D eigenvalue weighted by Gasteiger charge is 2.08. The number of rotatable bonds is 8. The standard InChI is InChI=1S/C19H24N2O3.ClH/c1-21(14-15-7-5-4-6-8-15)10-9-19(22)20-16-11-17(23-2)13-18(12-16)24-3;/h4-8,11-13H,9-10,14H2,1-3H3,(H,20,22);1H. The van der Waals surface area contributed by atoms with Crippen molar-refractivity contribution in [3.63, 3.8) is 0 Å². The van der Waals surface area contributed by atoms with E-state index >= 15 is 0 Å². The van der Waals surface area contributed by atoms with Gasteiger partial charge in [0.1, 0.15) is 11.5 Å². The second kappa shape index (κ2) is 10.6. The van der Waals surface area contributed by atoms with Gasteiger partial charge in [-0.15, -0.1) is 12.4 Å². The average Bonchev–Trinajstić information content (AvgIpc) is 2.60. The molecule has 0 fully saturated rings. The lowest BCUT2D eigenvalue weighted by Crippen LogP contribution is -2.24. The predicted octanol–water partition coefficient (Wildman–Crippen LogP) is 3.59. The first-order valence-corrected chi connectivity index (χ1v) is 7.86. The van der Waals surface area contributed by atoms with E-state index in [0.717, 1.165) is 6.54 Å². The summed E-state index contributed by atoms with van der Waals surface area (Å²) < 4.78 is 10.4. The first-order chi connectivity index (χ1) is 11.6. The quantitative estimate of drug-likeness (QED) is 0.777. The van der Waals surface area contributed by atoms with Crippen LogP contribution >= 0.6 is 12.4 Å². The van der Waals surface area contributed by atoms with E-state index < -0.39 is 0 Å². The zero-order chi connectivity index (χ0) is 17.4. The SMILES string of the molecule is COc1cc(NC(=O)CCN(C)Cc2ccccc2)cc(OC)c1.Cl. The summed E-state index contributed by atoms with van der Waals surface area (Å²) in [5.41, 5.74) is 1.90. The molecular formula is C19H25ClN2O3. The number of carbonyl (C=O) groups excluding carboxylic acids is 1. The molecule has 0 unspecified atom stereocenters. The third-order valence-electron chi connectivity index (χ3n) is 3.65. The predicted molar refractivity (Wildman–Crippen MR) is 103 cm³/mol. The van der Waals surface area contributed by atoms with Crippen LogP contribution in [0.1, 0.15) is 12.0 Å². The molecule has 0 radical (unpaired) electrons. The van der Waals surface area contributed by atoms with Gasteiger partial charge in [-0.3, -0.25) is 4.79 Å². The number of nitrogens with one attached hydrogen (secondary N) is 1. The van der Waals surface area contributed by atoms with Crippen molar-refractivity contribution < 1.29 is 14.3 Å². The van der Waals surface area contributed by atoms with Crippen molar-refractivity contribution in [1.29, 1.82) is 0 Å². The molecule has 2 aromatic rings. The van der Waals surface area contributed by atoms with Gasteiger partial charge in [0.2, 0.25) is 5.91 Å². The van der Waals surface area contributed by atoms with E-state index in [4.69, 9.17) is 9.47 Å². The molecule has 0 atom stereocenters. The maximum Gasteiger partial charge on any atom is 0.225 e. The summed E-state index contributed by atoms with van der Waals surface area (Å²) in [6.45, 7) is 1.50. The highest BCUT2D eigenvalue weighted by atomic mass is 35.5. The molecule has 0 saturated carbocycles. The second-order valence-electron chi connectivity index (χ2n) is 5.62. The van der Waals surface area contributed by atoms with E-state index in [0.29, 0.717) is 30.2 Å². The number of carbonyl (C=O) groups is 1. The number of anilines is 1. The van der Waals surface area contributed by atoms with Gasteiger partial charge in [-0.05, 0) is 12.6 Å². The molecule has 136 valence electrons. The van der Waals surface area contributed by atoms with Crippen LogP contribution in [0.15, 0.2) is 48.5 Å². The molecule has 0 heterocycles. The van der Waals surface area contributed by atoms with Crippen molar-refractivity contribution in [2.24, 2.45) is 0 Å². The third-order valence-corrected chi connectivity index (χ3v) is 3.65. The highest BCUT2D eigenvalue weighted by molar-refractivity contribution is 5.91. The van der Waals surface area contributed by atoms with Crippen LogP contribution in [0.5, 0.6) is 11.5 Å². The van der Waals surface area contributed by atoms with Gasteiger partial charge >= 0.3 is 0 Å². The lowest BCUT2D eigenvalue weighted by Gasteiger charge is -2.16. The molecule has 25 heavy (non-hydrogen) atoms. The summed E-state index contributed by atoms with van der Waals surface area (Å²) in [7, 11) is 5.17. The molecule has 0 bridgehead atoms. The second-order valence-corrected chi connectivity index (χ2v) is 5.62. The number of halogens is 1. The minimum absolute atomic E-state index is 0. The Hall–Kier alpha value is -2.24. The van der Waals surface area contributed by atoms with Crippen molar-refractivity contribution in [2.75, 3.05) is 33.1 Å². The summed E-state index contributed by atoms with van der Waals surface area (Å²) in [5, 5.41) is 2.88. The van der Waals surface area contributed by atoms with Crippen LogP contribution < -0.4 is 14.8 Å². The fourth-order valence-corrected chi connectivity index (χ4v) is 2.37. The Kier molecular flexibility index (Phi) is 8.81. The van der Waals surface area contributed by atoms with E-state index in [-0.39, 0.29) is 18.3 Å². The minimum Gasteiger partial charge on any atom is -0.497 e. The van der Waals surface area contributed by atoms with Gasteiger partial charge in [-0.2, -0.15) is 0 Å². The van der Waals surface area contributed by atoms with Crippen molar-refractivity contribution in [1.82, 2.24) is 4.90 Å².